The van der Waals surface area contributed by atoms with Crippen molar-refractivity contribution in [2.75, 3.05) is 24.6 Å². The first-order chi connectivity index (χ1) is 16.5. The van der Waals surface area contributed by atoms with E-state index in [1.165, 1.54) is 25.0 Å². The van der Waals surface area contributed by atoms with Gasteiger partial charge in [-0.05, 0) is 44.9 Å². The van der Waals surface area contributed by atoms with Crippen molar-refractivity contribution in [1.29, 1.82) is 0 Å². The standard InChI is InChI=1S/C18H17F2N5O.C6H8N2/c1-10-8-21-16-15(13-4-3-12(19)7-14(13)20)23-18(24-17(16)22-10)25-5-6-26-11(2)9-25;1-4-7-8(5-1)6-2-3-6/h3-4,7-8,11H,5-6,9H2,1-2H3;1,4-6H,2-3H2. The van der Waals surface area contributed by atoms with Crippen LogP contribution in [-0.4, -0.2) is 55.5 Å². The lowest BCUT2D eigenvalue weighted by Gasteiger charge is -2.31. The van der Waals surface area contributed by atoms with Gasteiger partial charge in [0.25, 0.3) is 0 Å². The molecule has 1 atom stereocenters. The molecular weight excluding hydrogens is 440 g/mol. The summed E-state index contributed by atoms with van der Waals surface area (Å²) < 4.78 is 35.3. The number of rotatable bonds is 3. The number of halogens is 2. The van der Waals surface area contributed by atoms with Gasteiger partial charge in [-0.2, -0.15) is 10.1 Å². The number of ether oxygens (including phenoxy) is 1. The van der Waals surface area contributed by atoms with Crippen LogP contribution in [0.2, 0.25) is 0 Å². The first-order valence-corrected chi connectivity index (χ1v) is 11.3. The first kappa shape index (κ1) is 22.3. The Hall–Kier alpha value is -3.53. The summed E-state index contributed by atoms with van der Waals surface area (Å²) in [6.07, 6.45) is 8.12. The smallest absolute Gasteiger partial charge is 0.228 e. The molecule has 0 bridgehead atoms. The van der Waals surface area contributed by atoms with Gasteiger partial charge in [-0.3, -0.25) is 4.68 Å². The Labute approximate surface area is 195 Å². The highest BCUT2D eigenvalue weighted by Crippen LogP contribution is 2.33. The number of nitrogens with zero attached hydrogens (tertiary/aromatic N) is 7. The van der Waals surface area contributed by atoms with Crippen LogP contribution in [0.5, 0.6) is 0 Å². The van der Waals surface area contributed by atoms with Crippen LogP contribution in [0, 0.1) is 18.6 Å². The van der Waals surface area contributed by atoms with E-state index in [4.69, 9.17) is 4.74 Å². The van der Waals surface area contributed by atoms with E-state index in [1.54, 1.807) is 6.20 Å². The molecule has 3 aromatic heterocycles. The molecule has 8 nitrogen and oxygen atoms in total. The second-order valence-corrected chi connectivity index (χ2v) is 8.52. The fraction of sp³-hybridized carbons (Fsp3) is 0.375. The topological polar surface area (TPSA) is 81.8 Å². The van der Waals surface area contributed by atoms with E-state index in [0.717, 1.165) is 12.1 Å². The van der Waals surface area contributed by atoms with Crippen molar-refractivity contribution in [2.45, 2.75) is 38.8 Å². The fourth-order valence-corrected chi connectivity index (χ4v) is 3.83. The molecule has 1 saturated heterocycles. The summed E-state index contributed by atoms with van der Waals surface area (Å²) in [5.41, 5.74) is 1.93. The third-order valence-corrected chi connectivity index (χ3v) is 5.67. The Balaban J connectivity index is 0.000000252. The van der Waals surface area contributed by atoms with Gasteiger partial charge in [-0.1, -0.05) is 0 Å². The van der Waals surface area contributed by atoms with Gasteiger partial charge in [-0.25, -0.2) is 23.7 Å². The number of hydrogen-bond donors (Lipinski definition) is 0. The molecule has 1 aromatic carbocycles. The lowest BCUT2D eigenvalue weighted by Crippen LogP contribution is -2.42. The number of benzene rings is 1. The quantitative estimate of drug-likeness (QED) is 0.450. The van der Waals surface area contributed by atoms with Gasteiger partial charge in [0, 0.05) is 43.3 Å². The fourth-order valence-electron chi connectivity index (χ4n) is 3.83. The minimum absolute atomic E-state index is 0.0395. The minimum Gasteiger partial charge on any atom is -0.375 e. The summed E-state index contributed by atoms with van der Waals surface area (Å²) in [5, 5.41) is 4.09. The summed E-state index contributed by atoms with van der Waals surface area (Å²) in [4.78, 5) is 19.8. The van der Waals surface area contributed by atoms with Gasteiger partial charge in [0.05, 0.1) is 24.4 Å². The monoisotopic (exact) mass is 465 g/mol. The number of anilines is 1. The molecule has 176 valence electrons. The molecular formula is C24H25F2N7O. The van der Waals surface area contributed by atoms with E-state index < -0.39 is 11.6 Å². The van der Waals surface area contributed by atoms with Gasteiger partial charge < -0.3 is 9.64 Å². The Morgan fingerprint density at radius 1 is 1.12 bits per heavy atom. The molecule has 4 heterocycles. The minimum atomic E-state index is -0.700. The number of aromatic nitrogens is 6. The Morgan fingerprint density at radius 2 is 1.97 bits per heavy atom. The van der Waals surface area contributed by atoms with Crippen LogP contribution in [0.1, 0.15) is 31.5 Å². The van der Waals surface area contributed by atoms with Gasteiger partial charge >= 0.3 is 0 Å². The van der Waals surface area contributed by atoms with E-state index >= 15 is 0 Å². The highest BCUT2D eigenvalue weighted by Gasteiger charge is 2.24. The normalized spacial score (nSPS) is 18.0. The zero-order valence-corrected chi connectivity index (χ0v) is 19.0. The molecule has 4 aromatic rings. The molecule has 1 saturated carbocycles. The lowest BCUT2D eigenvalue weighted by molar-refractivity contribution is 0.0526. The van der Waals surface area contributed by atoms with Crippen LogP contribution < -0.4 is 4.90 Å². The van der Waals surface area contributed by atoms with E-state index in [1.807, 2.05) is 41.9 Å². The molecule has 10 heteroatoms. The summed E-state index contributed by atoms with van der Waals surface area (Å²) in [7, 11) is 0. The number of hydrogen-bond acceptors (Lipinski definition) is 7. The maximum atomic E-state index is 14.4. The van der Waals surface area contributed by atoms with Crippen LogP contribution in [0.3, 0.4) is 0 Å². The number of fused-ring (bicyclic) bond motifs is 1. The van der Waals surface area contributed by atoms with Crippen LogP contribution in [0.25, 0.3) is 22.4 Å². The second kappa shape index (κ2) is 9.38. The van der Waals surface area contributed by atoms with E-state index in [9.17, 15) is 8.78 Å². The van der Waals surface area contributed by atoms with Gasteiger partial charge in [0.1, 0.15) is 22.8 Å². The van der Waals surface area contributed by atoms with Crippen molar-refractivity contribution in [3.8, 4) is 11.3 Å². The summed E-state index contributed by atoms with van der Waals surface area (Å²) in [6.45, 7) is 5.58. The Morgan fingerprint density at radius 3 is 2.68 bits per heavy atom. The lowest BCUT2D eigenvalue weighted by atomic mass is 10.1. The van der Waals surface area contributed by atoms with Crippen molar-refractivity contribution >= 4 is 17.1 Å². The predicted octanol–water partition coefficient (Wildman–Crippen LogP) is 4.12. The van der Waals surface area contributed by atoms with Gasteiger partial charge in [-0.15, -0.1) is 0 Å². The molecule has 0 N–H and O–H groups in total. The Kier molecular flexibility index (Phi) is 6.14. The van der Waals surface area contributed by atoms with Crippen LogP contribution in [0.4, 0.5) is 14.7 Å². The molecule has 0 amide bonds. The van der Waals surface area contributed by atoms with Crippen LogP contribution in [-0.2, 0) is 4.74 Å². The molecule has 1 aliphatic heterocycles. The molecule has 2 fully saturated rings. The highest BCUT2D eigenvalue weighted by atomic mass is 19.1. The molecule has 0 spiro atoms. The van der Waals surface area contributed by atoms with Gasteiger partial charge in [0.2, 0.25) is 5.95 Å². The summed E-state index contributed by atoms with van der Waals surface area (Å²) in [6, 6.07) is 6.11. The number of morpholine rings is 1. The summed E-state index contributed by atoms with van der Waals surface area (Å²) in [5.74, 6) is -0.909. The van der Waals surface area contributed by atoms with E-state index in [0.29, 0.717) is 48.2 Å². The summed E-state index contributed by atoms with van der Waals surface area (Å²) >= 11 is 0. The molecule has 1 unspecified atom stereocenters. The van der Waals surface area contributed by atoms with Crippen molar-refractivity contribution < 1.29 is 13.5 Å². The Bertz CT molecular complexity index is 1290. The van der Waals surface area contributed by atoms with Crippen molar-refractivity contribution in [2.24, 2.45) is 0 Å². The van der Waals surface area contributed by atoms with Gasteiger partial charge in [0.15, 0.2) is 5.65 Å². The first-order valence-electron chi connectivity index (χ1n) is 11.3. The molecule has 2 aliphatic rings. The maximum absolute atomic E-state index is 14.4. The molecule has 6 rings (SSSR count). The second-order valence-electron chi connectivity index (χ2n) is 8.52. The number of aryl methyl sites for hydroxylation is 1. The molecule has 0 radical (unpaired) electrons. The average Bonchev–Trinajstić information content (AvgIpc) is 3.52. The largest absolute Gasteiger partial charge is 0.375 e. The third kappa shape index (κ3) is 4.86. The van der Waals surface area contributed by atoms with Crippen LogP contribution >= 0.6 is 0 Å². The SMILES string of the molecule is Cc1cnc2c(-c3ccc(F)cc3F)nc(N3CCOC(C)C3)nc2n1.c1cnn(C2CC2)c1. The van der Waals surface area contributed by atoms with Crippen molar-refractivity contribution in [3.05, 3.63) is 60.2 Å². The predicted molar refractivity (Wildman–Crippen MR) is 123 cm³/mol. The zero-order valence-electron chi connectivity index (χ0n) is 19.0. The molecule has 34 heavy (non-hydrogen) atoms. The van der Waals surface area contributed by atoms with Crippen LogP contribution in [0.15, 0.2) is 42.9 Å². The van der Waals surface area contributed by atoms with Crippen molar-refractivity contribution in [1.82, 2.24) is 29.7 Å². The third-order valence-electron chi connectivity index (χ3n) is 5.67. The zero-order chi connectivity index (χ0) is 23.7. The van der Waals surface area contributed by atoms with E-state index in [-0.39, 0.29) is 11.7 Å². The van der Waals surface area contributed by atoms with Crippen molar-refractivity contribution in [3.63, 3.8) is 0 Å². The maximum Gasteiger partial charge on any atom is 0.228 e. The highest BCUT2D eigenvalue weighted by molar-refractivity contribution is 5.88. The van der Waals surface area contributed by atoms with E-state index in [2.05, 4.69) is 25.0 Å². The molecule has 1 aliphatic carbocycles. The average molecular weight is 466 g/mol.